The van der Waals surface area contributed by atoms with Gasteiger partial charge in [-0.1, -0.05) is 23.7 Å². The number of nitrogens with one attached hydrogen (secondary N) is 1. The van der Waals surface area contributed by atoms with Gasteiger partial charge in [0.2, 0.25) is 5.91 Å². The van der Waals surface area contributed by atoms with Crippen LogP contribution in [-0.2, 0) is 11.2 Å². The van der Waals surface area contributed by atoms with Crippen molar-refractivity contribution in [1.82, 2.24) is 10.2 Å². The van der Waals surface area contributed by atoms with E-state index in [9.17, 15) is 9.90 Å². The van der Waals surface area contributed by atoms with E-state index in [1.165, 1.54) is 24.0 Å². The van der Waals surface area contributed by atoms with Crippen LogP contribution in [0.1, 0.15) is 47.4 Å². The summed E-state index contributed by atoms with van der Waals surface area (Å²) in [5.41, 5.74) is 4.61. The van der Waals surface area contributed by atoms with Gasteiger partial charge in [-0.25, -0.2) is 0 Å². The van der Waals surface area contributed by atoms with Crippen molar-refractivity contribution in [2.45, 2.75) is 51.5 Å². The lowest BCUT2D eigenvalue weighted by molar-refractivity contribution is -0.121. The number of carbonyl (C=O) groups excluding carboxylic acids is 1. The highest BCUT2D eigenvalue weighted by atomic mass is 35.5. The van der Waals surface area contributed by atoms with E-state index in [1.54, 1.807) is 12.1 Å². The van der Waals surface area contributed by atoms with Crippen LogP contribution in [0.2, 0.25) is 5.02 Å². The maximum atomic E-state index is 12.8. The minimum absolute atomic E-state index is 0.104. The van der Waals surface area contributed by atoms with Crippen LogP contribution >= 0.6 is 11.6 Å². The third-order valence-electron chi connectivity index (χ3n) is 6.28. The number of rotatable bonds is 9. The first kappa shape index (κ1) is 22.6. The Kier molecular flexibility index (Phi) is 7.43. The molecule has 1 aliphatic carbocycles. The van der Waals surface area contributed by atoms with E-state index < -0.39 is 0 Å². The van der Waals surface area contributed by atoms with Crippen molar-refractivity contribution >= 4 is 17.5 Å². The Bertz CT molecular complexity index is 852. The van der Waals surface area contributed by atoms with Gasteiger partial charge >= 0.3 is 0 Å². The first-order valence-electron chi connectivity index (χ1n) is 10.7. The molecule has 0 bridgehead atoms. The van der Waals surface area contributed by atoms with E-state index in [4.69, 9.17) is 11.6 Å². The Balaban J connectivity index is 1.61. The van der Waals surface area contributed by atoms with Crippen LogP contribution in [-0.4, -0.2) is 42.6 Å². The Labute approximate surface area is 185 Å². The van der Waals surface area contributed by atoms with Crippen LogP contribution in [0.3, 0.4) is 0 Å². The van der Waals surface area contributed by atoms with Gasteiger partial charge in [0.15, 0.2) is 0 Å². The molecule has 0 heterocycles. The van der Waals surface area contributed by atoms with Crippen LogP contribution in [0, 0.1) is 19.8 Å². The highest BCUT2D eigenvalue weighted by molar-refractivity contribution is 6.30. The molecule has 3 rings (SSSR count). The van der Waals surface area contributed by atoms with Gasteiger partial charge in [-0.3, -0.25) is 4.79 Å². The predicted molar refractivity (Wildman–Crippen MR) is 123 cm³/mol. The molecule has 0 aliphatic heterocycles. The molecule has 4 nitrogen and oxygen atoms in total. The molecule has 1 aliphatic rings. The van der Waals surface area contributed by atoms with Gasteiger partial charge in [0.1, 0.15) is 5.75 Å². The number of likely N-dealkylation sites (N-methyl/N-ethyl adjacent to an activating group) is 1. The number of aryl methyl sites for hydroxylation is 2. The second-order valence-corrected chi connectivity index (χ2v) is 9.32. The fourth-order valence-corrected chi connectivity index (χ4v) is 4.36. The highest BCUT2D eigenvalue weighted by Crippen LogP contribution is 2.44. The van der Waals surface area contributed by atoms with Gasteiger partial charge in [0.25, 0.3) is 0 Å². The van der Waals surface area contributed by atoms with E-state index in [-0.39, 0.29) is 17.9 Å². The number of benzene rings is 2. The second-order valence-electron chi connectivity index (χ2n) is 8.88. The van der Waals surface area contributed by atoms with Crippen molar-refractivity contribution in [3.63, 3.8) is 0 Å². The molecular formula is C25H33ClN2O2. The van der Waals surface area contributed by atoms with Crippen LogP contribution in [0.4, 0.5) is 0 Å². The third-order valence-corrected chi connectivity index (χ3v) is 6.53. The summed E-state index contributed by atoms with van der Waals surface area (Å²) in [6, 6.07) is 11.7. The summed E-state index contributed by atoms with van der Waals surface area (Å²) < 4.78 is 0. The number of phenols is 1. The van der Waals surface area contributed by atoms with Crippen molar-refractivity contribution in [2.75, 3.05) is 20.6 Å². The summed E-state index contributed by atoms with van der Waals surface area (Å²) in [4.78, 5) is 15.0. The zero-order valence-electron chi connectivity index (χ0n) is 18.4. The molecule has 2 atom stereocenters. The molecule has 5 heteroatoms. The summed E-state index contributed by atoms with van der Waals surface area (Å²) in [7, 11) is 4.09. The molecule has 0 radical (unpaired) electrons. The molecule has 1 fully saturated rings. The highest BCUT2D eigenvalue weighted by Gasteiger charge is 2.33. The van der Waals surface area contributed by atoms with E-state index in [1.807, 2.05) is 40.1 Å². The molecule has 30 heavy (non-hydrogen) atoms. The minimum atomic E-state index is 0.104. The smallest absolute Gasteiger partial charge is 0.220 e. The minimum Gasteiger partial charge on any atom is -0.508 e. The van der Waals surface area contributed by atoms with Crippen molar-refractivity contribution in [3.8, 4) is 5.75 Å². The van der Waals surface area contributed by atoms with Gasteiger partial charge in [0, 0.05) is 24.0 Å². The normalized spacial score (nSPS) is 15.8. The van der Waals surface area contributed by atoms with E-state index >= 15 is 0 Å². The van der Waals surface area contributed by atoms with Crippen LogP contribution in [0.15, 0.2) is 36.4 Å². The molecule has 1 saturated carbocycles. The van der Waals surface area contributed by atoms with Gasteiger partial charge < -0.3 is 15.3 Å². The molecular weight excluding hydrogens is 396 g/mol. The summed E-state index contributed by atoms with van der Waals surface area (Å²) in [5.74, 6) is 1.27. The van der Waals surface area contributed by atoms with E-state index in [0.717, 1.165) is 22.6 Å². The zero-order valence-corrected chi connectivity index (χ0v) is 19.2. The lowest BCUT2D eigenvalue weighted by atomic mass is 9.90. The molecule has 0 aromatic heterocycles. The quantitative estimate of drug-likeness (QED) is 0.601. The topological polar surface area (TPSA) is 52.6 Å². The Morgan fingerprint density at radius 3 is 2.30 bits per heavy atom. The fraction of sp³-hybridized carbons (Fsp3) is 0.480. The number of nitrogens with zero attached hydrogens (tertiary/aromatic N) is 1. The van der Waals surface area contributed by atoms with Gasteiger partial charge in [-0.2, -0.15) is 0 Å². The van der Waals surface area contributed by atoms with Crippen molar-refractivity contribution in [1.29, 1.82) is 0 Å². The van der Waals surface area contributed by atoms with Gasteiger partial charge in [-0.05, 0) is 106 Å². The molecule has 0 spiro atoms. The monoisotopic (exact) mass is 428 g/mol. The molecule has 2 aromatic carbocycles. The standard InChI is InChI=1S/C25H33ClN2O2/c1-16-11-22(29)12-17(2)23(16)13-21(28(3)4)15-27-25(30)14-24(18-5-6-18)19-7-9-20(26)10-8-19/h7-12,18,21,24,29H,5-6,13-15H2,1-4H3,(H,27,30)/t21-,24-/m0/s1. The van der Waals surface area contributed by atoms with Gasteiger partial charge in [0.05, 0.1) is 0 Å². The maximum Gasteiger partial charge on any atom is 0.220 e. The lowest BCUT2D eigenvalue weighted by Crippen LogP contribution is -2.42. The summed E-state index contributed by atoms with van der Waals surface area (Å²) in [6.07, 6.45) is 3.73. The van der Waals surface area contributed by atoms with E-state index in [2.05, 4.69) is 22.3 Å². The lowest BCUT2D eigenvalue weighted by Gasteiger charge is -2.27. The number of amides is 1. The second kappa shape index (κ2) is 9.84. The van der Waals surface area contributed by atoms with E-state index in [0.29, 0.717) is 24.6 Å². The van der Waals surface area contributed by atoms with Gasteiger partial charge in [-0.15, -0.1) is 0 Å². The number of hydrogen-bond acceptors (Lipinski definition) is 3. The summed E-state index contributed by atoms with van der Waals surface area (Å²) >= 11 is 6.03. The third kappa shape index (κ3) is 5.99. The van der Waals surface area contributed by atoms with Crippen LogP contribution in [0.25, 0.3) is 0 Å². The molecule has 0 unspecified atom stereocenters. The maximum absolute atomic E-state index is 12.8. The number of phenolic OH excluding ortho intramolecular Hbond substituents is 1. The van der Waals surface area contributed by atoms with Crippen LogP contribution < -0.4 is 5.32 Å². The first-order valence-corrected chi connectivity index (χ1v) is 11.1. The Morgan fingerprint density at radius 2 is 1.77 bits per heavy atom. The average molecular weight is 429 g/mol. The number of hydrogen-bond donors (Lipinski definition) is 2. The number of halogens is 1. The largest absolute Gasteiger partial charge is 0.508 e. The SMILES string of the molecule is Cc1cc(O)cc(C)c1C[C@@H](CNC(=O)C[C@H](c1ccc(Cl)cc1)C1CC1)N(C)C. The Hall–Kier alpha value is -2.04. The molecule has 162 valence electrons. The molecule has 0 saturated heterocycles. The number of aromatic hydroxyl groups is 1. The van der Waals surface area contributed by atoms with Crippen molar-refractivity contribution < 1.29 is 9.90 Å². The Morgan fingerprint density at radius 1 is 1.17 bits per heavy atom. The molecule has 1 amide bonds. The van der Waals surface area contributed by atoms with Crippen molar-refractivity contribution in [2.24, 2.45) is 5.92 Å². The fourth-order valence-electron chi connectivity index (χ4n) is 4.23. The van der Waals surface area contributed by atoms with Crippen LogP contribution in [0.5, 0.6) is 5.75 Å². The predicted octanol–water partition coefficient (Wildman–Crippen LogP) is 4.84. The first-order chi connectivity index (χ1) is 14.2. The zero-order chi connectivity index (χ0) is 21.8. The average Bonchev–Trinajstić information content (AvgIpc) is 3.50. The molecule has 2 aromatic rings. The number of carbonyl (C=O) groups is 1. The summed E-state index contributed by atoms with van der Waals surface area (Å²) in [6.45, 7) is 4.66. The van der Waals surface area contributed by atoms with Crippen molar-refractivity contribution in [3.05, 3.63) is 63.7 Å². The summed E-state index contributed by atoms with van der Waals surface area (Å²) in [5, 5.41) is 13.7. The molecule has 2 N–H and O–H groups in total.